The maximum atomic E-state index is 13.1. The van der Waals surface area contributed by atoms with Crippen LogP contribution in [0.5, 0.6) is 5.75 Å². The molecular weight excluding hydrogens is 326 g/mol. The van der Waals surface area contributed by atoms with Crippen LogP contribution in [0.15, 0.2) is 47.5 Å². The summed E-state index contributed by atoms with van der Waals surface area (Å²) in [5, 5.41) is 9.80. The third-order valence-electron chi connectivity index (χ3n) is 5.45. The van der Waals surface area contributed by atoms with Crippen molar-refractivity contribution in [3.05, 3.63) is 53.6 Å². The monoisotopic (exact) mass is 349 g/mol. The molecule has 1 atom stereocenters. The van der Waals surface area contributed by atoms with E-state index in [2.05, 4.69) is 24.9 Å². The quantitative estimate of drug-likeness (QED) is 0.831. The van der Waals surface area contributed by atoms with Crippen molar-refractivity contribution < 1.29 is 9.90 Å². The molecule has 5 heteroatoms. The van der Waals surface area contributed by atoms with E-state index in [4.69, 9.17) is 5.73 Å². The summed E-state index contributed by atoms with van der Waals surface area (Å²) >= 11 is 0. The number of rotatable bonds is 1. The number of hydrogen-bond donors (Lipinski definition) is 2. The summed E-state index contributed by atoms with van der Waals surface area (Å²) < 4.78 is 0. The minimum atomic E-state index is -0.956. The van der Waals surface area contributed by atoms with Gasteiger partial charge in [-0.1, -0.05) is 38.1 Å². The molecule has 2 aromatic rings. The van der Waals surface area contributed by atoms with E-state index in [1.54, 1.807) is 19.2 Å². The molecule has 3 N–H and O–H groups in total. The lowest BCUT2D eigenvalue weighted by Crippen LogP contribution is -2.46. The third kappa shape index (κ3) is 2.38. The van der Waals surface area contributed by atoms with E-state index in [1.807, 2.05) is 24.3 Å². The van der Waals surface area contributed by atoms with Crippen molar-refractivity contribution in [1.82, 2.24) is 4.90 Å². The Kier molecular flexibility index (Phi) is 3.41. The Morgan fingerprint density at radius 3 is 2.54 bits per heavy atom. The molecule has 134 valence electrons. The normalized spacial score (nSPS) is 23.9. The fourth-order valence-electron chi connectivity index (χ4n) is 4.34. The van der Waals surface area contributed by atoms with Crippen LogP contribution < -0.4 is 5.73 Å². The fourth-order valence-corrected chi connectivity index (χ4v) is 4.34. The predicted octanol–water partition coefficient (Wildman–Crippen LogP) is 3.01. The molecule has 1 amide bonds. The van der Waals surface area contributed by atoms with Gasteiger partial charge in [-0.05, 0) is 58.7 Å². The predicted molar refractivity (Wildman–Crippen MR) is 102 cm³/mol. The van der Waals surface area contributed by atoms with Crippen LogP contribution >= 0.6 is 0 Å². The Labute approximate surface area is 153 Å². The van der Waals surface area contributed by atoms with Crippen LogP contribution in [-0.2, 0) is 16.8 Å². The zero-order valence-electron chi connectivity index (χ0n) is 15.3. The average molecular weight is 349 g/mol. The number of likely N-dealkylation sites (N-methyl/N-ethyl adjacent to an activating group) is 1. The van der Waals surface area contributed by atoms with Gasteiger partial charge in [-0.25, -0.2) is 4.99 Å². The summed E-state index contributed by atoms with van der Waals surface area (Å²) in [4.78, 5) is 19.2. The number of hydrogen-bond acceptors (Lipinski definition) is 4. The van der Waals surface area contributed by atoms with Gasteiger partial charge in [0, 0.05) is 7.05 Å². The summed E-state index contributed by atoms with van der Waals surface area (Å²) in [6.07, 6.45) is 1.51. The minimum absolute atomic E-state index is 0.0514. The molecule has 0 fully saturated rings. The maximum absolute atomic E-state index is 13.1. The lowest BCUT2D eigenvalue weighted by Gasteiger charge is -2.41. The van der Waals surface area contributed by atoms with Crippen LogP contribution in [0.1, 0.15) is 31.4 Å². The molecular formula is C21H23N3O2. The molecule has 5 nitrogen and oxygen atoms in total. The van der Waals surface area contributed by atoms with Gasteiger partial charge in [-0.3, -0.25) is 9.69 Å². The first-order valence-electron chi connectivity index (χ1n) is 8.78. The van der Waals surface area contributed by atoms with Gasteiger partial charge in [0.1, 0.15) is 5.75 Å². The average Bonchev–Trinajstić information content (AvgIpc) is 2.78. The Morgan fingerprint density at radius 2 is 1.88 bits per heavy atom. The minimum Gasteiger partial charge on any atom is -0.508 e. The number of phenolic OH excluding ortho intramolecular Hbond substituents is 1. The fraction of sp³-hybridized carbons (Fsp3) is 0.333. The number of fused-ring (bicyclic) bond motifs is 2. The summed E-state index contributed by atoms with van der Waals surface area (Å²) in [6.45, 7) is 4.33. The van der Waals surface area contributed by atoms with Crippen LogP contribution in [0.25, 0.3) is 11.1 Å². The van der Waals surface area contributed by atoms with E-state index < -0.39 is 5.54 Å². The first-order valence-corrected chi connectivity index (χ1v) is 8.78. The largest absolute Gasteiger partial charge is 0.508 e. The van der Waals surface area contributed by atoms with Crippen molar-refractivity contribution >= 4 is 11.9 Å². The number of aromatic hydroxyl groups is 1. The van der Waals surface area contributed by atoms with Crippen molar-refractivity contribution in [1.29, 1.82) is 0 Å². The number of carbonyl (C=O) groups is 1. The highest BCUT2D eigenvalue weighted by Gasteiger charge is 2.54. The lowest BCUT2D eigenvalue weighted by molar-refractivity contribution is -0.132. The Balaban J connectivity index is 1.93. The first kappa shape index (κ1) is 16.6. The van der Waals surface area contributed by atoms with E-state index in [0.717, 1.165) is 28.7 Å². The van der Waals surface area contributed by atoms with Crippen molar-refractivity contribution in [2.24, 2.45) is 16.1 Å². The first-order chi connectivity index (χ1) is 12.2. The molecule has 26 heavy (non-hydrogen) atoms. The van der Waals surface area contributed by atoms with Crippen LogP contribution in [-0.4, -0.2) is 28.9 Å². The maximum Gasteiger partial charge on any atom is 0.261 e. The van der Waals surface area contributed by atoms with Gasteiger partial charge in [0.15, 0.2) is 11.5 Å². The molecule has 0 radical (unpaired) electrons. The number of amides is 1. The molecule has 4 rings (SSSR count). The summed E-state index contributed by atoms with van der Waals surface area (Å²) in [5.41, 5.74) is 8.92. The van der Waals surface area contributed by atoms with Crippen molar-refractivity contribution in [2.45, 2.75) is 32.2 Å². The lowest BCUT2D eigenvalue weighted by atomic mass is 9.65. The number of phenols is 1. The van der Waals surface area contributed by atoms with E-state index in [0.29, 0.717) is 6.42 Å². The summed E-state index contributed by atoms with van der Waals surface area (Å²) in [5.74, 6) is 0.411. The zero-order valence-corrected chi connectivity index (χ0v) is 15.3. The molecule has 1 spiro atoms. The standard InChI is InChI=1S/C21H23N3O2/c1-20(2)11-15-8-7-14(13-5-4-6-16(25)9-13)10-17(15)21(12-20)18(26)24(3)19(22)23-21/h4-10,25H,11-12H2,1-3H3,(H2,22,23). The van der Waals surface area contributed by atoms with E-state index in [9.17, 15) is 9.90 Å². The van der Waals surface area contributed by atoms with Crippen LogP contribution in [0, 0.1) is 5.41 Å². The van der Waals surface area contributed by atoms with E-state index >= 15 is 0 Å². The highest BCUT2D eigenvalue weighted by Crippen LogP contribution is 2.50. The van der Waals surface area contributed by atoms with Crippen LogP contribution in [0.3, 0.4) is 0 Å². The molecule has 1 aliphatic heterocycles. The second kappa shape index (κ2) is 5.34. The van der Waals surface area contributed by atoms with Crippen molar-refractivity contribution in [3.8, 4) is 16.9 Å². The van der Waals surface area contributed by atoms with Gasteiger partial charge in [-0.15, -0.1) is 0 Å². The van der Waals surface area contributed by atoms with E-state index in [-0.39, 0.29) is 23.0 Å². The van der Waals surface area contributed by atoms with E-state index in [1.165, 1.54) is 4.90 Å². The molecule has 1 unspecified atom stereocenters. The number of benzene rings is 2. The van der Waals surface area contributed by atoms with Crippen molar-refractivity contribution in [3.63, 3.8) is 0 Å². The van der Waals surface area contributed by atoms with Gasteiger partial charge in [0.2, 0.25) is 0 Å². The highest BCUT2D eigenvalue weighted by molar-refractivity contribution is 6.07. The smallest absolute Gasteiger partial charge is 0.261 e. The summed E-state index contributed by atoms with van der Waals surface area (Å²) in [7, 11) is 1.68. The highest BCUT2D eigenvalue weighted by atomic mass is 16.3. The molecule has 0 bridgehead atoms. The number of aliphatic imine (C=N–C) groups is 1. The van der Waals surface area contributed by atoms with Crippen LogP contribution in [0.2, 0.25) is 0 Å². The second-order valence-electron chi connectivity index (χ2n) is 8.13. The SMILES string of the molecule is CN1C(=O)C2(CC(C)(C)Cc3ccc(-c4cccc(O)c4)cc32)N=C1N. The Morgan fingerprint density at radius 1 is 1.15 bits per heavy atom. The molecule has 1 heterocycles. The number of guanidine groups is 1. The van der Waals surface area contributed by atoms with Crippen LogP contribution in [0.4, 0.5) is 0 Å². The molecule has 0 aromatic heterocycles. The van der Waals surface area contributed by atoms with Crippen molar-refractivity contribution in [2.75, 3.05) is 7.05 Å². The molecule has 2 aromatic carbocycles. The molecule has 0 saturated carbocycles. The third-order valence-corrected chi connectivity index (χ3v) is 5.45. The van der Waals surface area contributed by atoms with Gasteiger partial charge in [0.25, 0.3) is 5.91 Å². The van der Waals surface area contributed by atoms with Gasteiger partial charge in [-0.2, -0.15) is 0 Å². The van der Waals surface area contributed by atoms with Gasteiger partial charge >= 0.3 is 0 Å². The molecule has 1 aliphatic carbocycles. The number of carbonyl (C=O) groups excluding carboxylic acids is 1. The van der Waals surface area contributed by atoms with Gasteiger partial charge in [0.05, 0.1) is 0 Å². The summed E-state index contributed by atoms with van der Waals surface area (Å²) in [6, 6.07) is 13.3. The second-order valence-corrected chi connectivity index (χ2v) is 8.13. The Hall–Kier alpha value is -2.82. The molecule has 2 aliphatic rings. The zero-order chi connectivity index (χ0) is 18.7. The van der Waals surface area contributed by atoms with Gasteiger partial charge < -0.3 is 10.8 Å². The Bertz CT molecular complexity index is 948. The number of nitrogens with two attached hydrogens (primary N) is 1. The molecule has 0 saturated heterocycles. The topological polar surface area (TPSA) is 78.9 Å². The number of nitrogens with zero attached hydrogens (tertiary/aromatic N) is 2.